The van der Waals surface area contributed by atoms with Gasteiger partial charge in [0.15, 0.2) is 5.82 Å². The molecule has 1 saturated carbocycles. The van der Waals surface area contributed by atoms with Crippen molar-refractivity contribution in [3.63, 3.8) is 0 Å². The molecular formula is C28H30FN5O. The fourth-order valence-electron chi connectivity index (χ4n) is 5.43. The normalized spacial score (nSPS) is 15.3. The van der Waals surface area contributed by atoms with E-state index in [9.17, 15) is 4.79 Å². The van der Waals surface area contributed by atoms with Crippen LogP contribution >= 0.6 is 0 Å². The predicted molar refractivity (Wildman–Crippen MR) is 133 cm³/mol. The van der Waals surface area contributed by atoms with Gasteiger partial charge in [-0.3, -0.25) is 14.5 Å². The fraction of sp³-hybridized carbons (Fsp3) is 0.393. The van der Waals surface area contributed by atoms with Crippen molar-refractivity contribution in [2.75, 3.05) is 0 Å². The molecule has 3 aromatic heterocycles. The highest BCUT2D eigenvalue weighted by Crippen LogP contribution is 2.40. The molecule has 0 N–H and O–H groups in total. The van der Waals surface area contributed by atoms with Gasteiger partial charge in [-0.1, -0.05) is 13.0 Å². The summed E-state index contributed by atoms with van der Waals surface area (Å²) in [5.74, 6) is 0.273. The van der Waals surface area contributed by atoms with Gasteiger partial charge in [0.1, 0.15) is 0 Å². The third-order valence-electron chi connectivity index (χ3n) is 7.60. The lowest BCUT2D eigenvalue weighted by Gasteiger charge is -2.19. The van der Waals surface area contributed by atoms with Crippen LogP contribution in [0.1, 0.15) is 58.5 Å². The average Bonchev–Trinajstić information content (AvgIpc) is 3.40. The van der Waals surface area contributed by atoms with Crippen LogP contribution in [0, 0.1) is 25.6 Å². The largest absolute Gasteiger partial charge is 0.341 e. The number of hydrogen-bond acceptors (Lipinski definition) is 3. The van der Waals surface area contributed by atoms with Crippen molar-refractivity contribution < 1.29 is 9.18 Å². The van der Waals surface area contributed by atoms with Gasteiger partial charge in [-0.05, 0) is 57.2 Å². The van der Waals surface area contributed by atoms with Gasteiger partial charge >= 0.3 is 0 Å². The molecular weight excluding hydrogens is 441 g/mol. The van der Waals surface area contributed by atoms with Gasteiger partial charge in [0.25, 0.3) is 5.91 Å². The van der Waals surface area contributed by atoms with Crippen LogP contribution in [0.2, 0.25) is 0 Å². The molecule has 0 unspecified atom stereocenters. The molecule has 0 atom stereocenters. The quantitative estimate of drug-likeness (QED) is 0.396. The van der Waals surface area contributed by atoms with E-state index in [0.29, 0.717) is 35.7 Å². The number of carbonyl (C=O) groups excluding carboxylic acids is 1. The maximum atomic E-state index is 15.7. The first kappa shape index (κ1) is 22.0. The Labute approximate surface area is 204 Å². The summed E-state index contributed by atoms with van der Waals surface area (Å²) in [6.45, 7) is 7.75. The molecule has 1 aromatic carbocycles. The Morgan fingerprint density at radius 3 is 2.66 bits per heavy atom. The number of amides is 1. The number of pyridine rings is 1. The molecule has 180 valence electrons. The first-order chi connectivity index (χ1) is 16.9. The number of carbonyl (C=O) groups is 1. The summed E-state index contributed by atoms with van der Waals surface area (Å²) >= 11 is 0. The number of nitrogens with zero attached hydrogens (tertiary/aromatic N) is 5. The number of halogens is 1. The third-order valence-corrected chi connectivity index (χ3v) is 7.60. The van der Waals surface area contributed by atoms with Gasteiger partial charge < -0.3 is 9.47 Å². The molecule has 0 bridgehead atoms. The second kappa shape index (κ2) is 8.04. The molecule has 6 rings (SSSR count). The molecule has 1 amide bonds. The summed E-state index contributed by atoms with van der Waals surface area (Å²) in [6.07, 6.45) is 4.95. The van der Waals surface area contributed by atoms with Crippen molar-refractivity contribution in [1.29, 1.82) is 0 Å². The minimum atomic E-state index is -0.233. The molecule has 1 aliphatic heterocycles. The van der Waals surface area contributed by atoms with E-state index in [1.807, 2.05) is 48.8 Å². The van der Waals surface area contributed by atoms with Crippen LogP contribution in [0.5, 0.6) is 0 Å². The second-order valence-corrected chi connectivity index (χ2v) is 10.1. The van der Waals surface area contributed by atoms with Crippen LogP contribution in [-0.2, 0) is 33.1 Å². The third kappa shape index (κ3) is 3.56. The van der Waals surface area contributed by atoms with Gasteiger partial charge in [-0.25, -0.2) is 4.39 Å². The van der Waals surface area contributed by atoms with E-state index in [0.717, 1.165) is 52.3 Å². The first-order valence-corrected chi connectivity index (χ1v) is 12.4. The summed E-state index contributed by atoms with van der Waals surface area (Å²) in [4.78, 5) is 20.3. The van der Waals surface area contributed by atoms with Gasteiger partial charge in [0, 0.05) is 59.2 Å². The first-order valence-electron chi connectivity index (χ1n) is 12.4. The van der Waals surface area contributed by atoms with Gasteiger partial charge in [0.2, 0.25) is 0 Å². The molecule has 2 aliphatic rings. The van der Waals surface area contributed by atoms with Gasteiger partial charge in [-0.15, -0.1) is 0 Å². The van der Waals surface area contributed by atoms with Crippen LogP contribution in [0.4, 0.5) is 4.39 Å². The smallest absolute Gasteiger partial charge is 0.254 e. The molecule has 1 fully saturated rings. The van der Waals surface area contributed by atoms with Crippen molar-refractivity contribution in [3.05, 3.63) is 70.2 Å². The summed E-state index contributed by atoms with van der Waals surface area (Å²) in [5, 5.41) is 4.82. The zero-order valence-corrected chi connectivity index (χ0v) is 20.7. The lowest BCUT2D eigenvalue weighted by molar-refractivity contribution is 0.0748. The molecule has 0 saturated heterocycles. The highest BCUT2D eigenvalue weighted by Gasteiger charge is 2.30. The van der Waals surface area contributed by atoms with Crippen molar-refractivity contribution >= 4 is 16.8 Å². The number of aryl methyl sites for hydroxylation is 3. The van der Waals surface area contributed by atoms with E-state index in [1.54, 1.807) is 6.07 Å². The number of fused-ring (bicyclic) bond motifs is 2. The lowest BCUT2D eigenvalue weighted by Crippen LogP contribution is -2.26. The Hall–Kier alpha value is -3.48. The molecule has 7 heteroatoms. The number of benzene rings is 1. The minimum absolute atomic E-state index is 0.0885. The highest BCUT2D eigenvalue weighted by atomic mass is 19.1. The number of aromatic nitrogens is 4. The molecule has 4 aromatic rings. The van der Waals surface area contributed by atoms with Crippen molar-refractivity contribution in [1.82, 2.24) is 24.2 Å². The standard InChI is InChI=1S/C28H30FN5O/c1-5-24-21(9-6-16(2)31-24)22-10-19(28(35)33-14-20-12-30-32(4)25(20)15-33)11-23-26(29)17(3)34(27(22)23)13-18-7-8-18/h6,9-12,18H,5,7-8,13-15H2,1-4H3. The molecule has 4 heterocycles. The SMILES string of the molecule is CCc1nc(C)ccc1-c1cc(C(=O)N2Cc3cnn(C)c3C2)cc2c(F)c(C)n(CC3CC3)c12. The van der Waals surface area contributed by atoms with Gasteiger partial charge in [-0.2, -0.15) is 5.10 Å². The van der Waals surface area contributed by atoms with Crippen molar-refractivity contribution in [2.24, 2.45) is 13.0 Å². The van der Waals surface area contributed by atoms with E-state index in [4.69, 9.17) is 4.98 Å². The number of hydrogen-bond donors (Lipinski definition) is 0. The summed E-state index contributed by atoms with van der Waals surface area (Å²) in [5.41, 5.74) is 7.92. The molecule has 6 nitrogen and oxygen atoms in total. The molecule has 0 spiro atoms. The summed E-state index contributed by atoms with van der Waals surface area (Å²) in [7, 11) is 1.90. The second-order valence-electron chi connectivity index (χ2n) is 10.1. The fourth-order valence-corrected chi connectivity index (χ4v) is 5.43. The monoisotopic (exact) mass is 471 g/mol. The van der Waals surface area contributed by atoms with E-state index >= 15 is 4.39 Å². The average molecular weight is 472 g/mol. The van der Waals surface area contributed by atoms with Crippen LogP contribution in [-0.4, -0.2) is 30.1 Å². The van der Waals surface area contributed by atoms with Gasteiger partial charge in [0.05, 0.1) is 29.6 Å². The van der Waals surface area contributed by atoms with E-state index in [2.05, 4.69) is 22.7 Å². The maximum absolute atomic E-state index is 15.7. The Kier molecular flexibility index (Phi) is 5.06. The predicted octanol–water partition coefficient (Wildman–Crippen LogP) is 5.32. The highest BCUT2D eigenvalue weighted by molar-refractivity contribution is 6.04. The summed E-state index contributed by atoms with van der Waals surface area (Å²) in [6, 6.07) is 7.78. The van der Waals surface area contributed by atoms with Crippen molar-refractivity contribution in [2.45, 2.75) is 59.7 Å². The van der Waals surface area contributed by atoms with E-state index in [-0.39, 0.29) is 11.7 Å². The zero-order chi connectivity index (χ0) is 24.4. The topological polar surface area (TPSA) is 56.0 Å². The van der Waals surface area contributed by atoms with Crippen LogP contribution in [0.25, 0.3) is 22.0 Å². The number of rotatable bonds is 5. The Balaban J connectivity index is 1.53. The minimum Gasteiger partial charge on any atom is -0.341 e. The molecule has 0 radical (unpaired) electrons. The van der Waals surface area contributed by atoms with Crippen LogP contribution in [0.3, 0.4) is 0 Å². The summed E-state index contributed by atoms with van der Waals surface area (Å²) < 4.78 is 19.6. The van der Waals surface area contributed by atoms with Crippen LogP contribution in [0.15, 0.2) is 30.5 Å². The molecule has 1 aliphatic carbocycles. The lowest BCUT2D eigenvalue weighted by atomic mass is 9.96. The van der Waals surface area contributed by atoms with Crippen LogP contribution < -0.4 is 0 Å². The van der Waals surface area contributed by atoms with Crippen molar-refractivity contribution in [3.8, 4) is 11.1 Å². The maximum Gasteiger partial charge on any atom is 0.254 e. The Bertz CT molecular complexity index is 1490. The Morgan fingerprint density at radius 2 is 1.94 bits per heavy atom. The molecule has 35 heavy (non-hydrogen) atoms. The zero-order valence-electron chi connectivity index (χ0n) is 20.7. The van der Waals surface area contributed by atoms with E-state index in [1.165, 1.54) is 12.8 Å². The van der Waals surface area contributed by atoms with E-state index < -0.39 is 0 Å². The Morgan fingerprint density at radius 1 is 1.14 bits per heavy atom.